The highest BCUT2D eigenvalue weighted by molar-refractivity contribution is 5.22. The fraction of sp³-hybridized carbons (Fsp3) is 0.333. The minimum absolute atomic E-state index is 0.304. The molecule has 1 N–H and O–H groups in total. The van der Waals surface area contributed by atoms with Crippen molar-refractivity contribution >= 4 is 0 Å². The van der Waals surface area contributed by atoms with Gasteiger partial charge in [0, 0.05) is 6.42 Å². The summed E-state index contributed by atoms with van der Waals surface area (Å²) in [7, 11) is 0. The number of aryl methyl sites for hydroxylation is 2. The molecule has 0 fully saturated rings. The van der Waals surface area contributed by atoms with Crippen molar-refractivity contribution < 1.29 is 9.52 Å². The monoisotopic (exact) mass is 230 g/mol. The molecule has 1 unspecified atom stereocenters. The molecule has 2 rings (SSSR count). The van der Waals surface area contributed by atoms with Crippen molar-refractivity contribution in [1.29, 1.82) is 0 Å². The Labute approximate surface area is 102 Å². The van der Waals surface area contributed by atoms with Crippen molar-refractivity contribution in [3.05, 3.63) is 59.5 Å². The third kappa shape index (κ3) is 3.75. The van der Waals surface area contributed by atoms with Gasteiger partial charge in [0.15, 0.2) is 0 Å². The van der Waals surface area contributed by atoms with Crippen LogP contribution in [0.2, 0.25) is 0 Å². The first-order valence-corrected chi connectivity index (χ1v) is 6.00. The van der Waals surface area contributed by atoms with E-state index in [1.54, 1.807) is 6.26 Å². The maximum atomic E-state index is 9.95. The molecule has 1 heterocycles. The van der Waals surface area contributed by atoms with Gasteiger partial charge in [-0.3, -0.25) is 0 Å². The standard InChI is InChI=1S/C15H18O2/c1-12-4-2-5-13(10-12)11-14(16)7-8-15-6-3-9-17-15/h2-6,9-10,14,16H,7-8,11H2,1H3. The number of hydrogen-bond donors (Lipinski definition) is 1. The Morgan fingerprint density at radius 1 is 1.24 bits per heavy atom. The molecule has 0 aliphatic rings. The maximum absolute atomic E-state index is 9.95. The minimum Gasteiger partial charge on any atom is -0.469 e. The first kappa shape index (κ1) is 11.9. The van der Waals surface area contributed by atoms with E-state index in [1.165, 1.54) is 11.1 Å². The normalized spacial score (nSPS) is 12.6. The summed E-state index contributed by atoms with van der Waals surface area (Å²) < 4.78 is 5.24. The van der Waals surface area contributed by atoms with E-state index in [0.29, 0.717) is 6.42 Å². The van der Waals surface area contributed by atoms with Gasteiger partial charge in [-0.2, -0.15) is 0 Å². The number of aliphatic hydroxyl groups excluding tert-OH is 1. The van der Waals surface area contributed by atoms with Gasteiger partial charge < -0.3 is 9.52 Å². The van der Waals surface area contributed by atoms with Crippen LogP contribution >= 0.6 is 0 Å². The van der Waals surface area contributed by atoms with Gasteiger partial charge in [-0.05, 0) is 37.5 Å². The summed E-state index contributed by atoms with van der Waals surface area (Å²) in [6, 6.07) is 12.1. The van der Waals surface area contributed by atoms with Gasteiger partial charge in [-0.25, -0.2) is 0 Å². The highest BCUT2D eigenvalue weighted by Gasteiger charge is 2.07. The Morgan fingerprint density at radius 2 is 2.12 bits per heavy atom. The Balaban J connectivity index is 1.83. The Kier molecular flexibility index (Phi) is 3.99. The Morgan fingerprint density at radius 3 is 2.82 bits per heavy atom. The van der Waals surface area contributed by atoms with Gasteiger partial charge in [0.05, 0.1) is 12.4 Å². The molecule has 2 nitrogen and oxygen atoms in total. The second-order valence-corrected chi connectivity index (χ2v) is 4.47. The largest absolute Gasteiger partial charge is 0.469 e. The maximum Gasteiger partial charge on any atom is 0.103 e. The highest BCUT2D eigenvalue weighted by atomic mass is 16.3. The zero-order chi connectivity index (χ0) is 12.1. The molecule has 90 valence electrons. The zero-order valence-electron chi connectivity index (χ0n) is 10.1. The number of rotatable bonds is 5. The average Bonchev–Trinajstić information content (AvgIpc) is 2.79. The topological polar surface area (TPSA) is 33.4 Å². The quantitative estimate of drug-likeness (QED) is 0.856. The van der Waals surface area contributed by atoms with Crippen molar-refractivity contribution in [2.45, 2.75) is 32.3 Å². The van der Waals surface area contributed by atoms with E-state index >= 15 is 0 Å². The van der Waals surface area contributed by atoms with Crippen molar-refractivity contribution in [3.63, 3.8) is 0 Å². The van der Waals surface area contributed by atoms with E-state index in [0.717, 1.165) is 18.6 Å². The lowest BCUT2D eigenvalue weighted by Crippen LogP contribution is -2.11. The molecule has 0 saturated carbocycles. The van der Waals surface area contributed by atoms with E-state index in [1.807, 2.05) is 18.2 Å². The zero-order valence-corrected chi connectivity index (χ0v) is 10.1. The summed E-state index contributed by atoms with van der Waals surface area (Å²) in [6.07, 6.45) is 3.61. The molecule has 0 radical (unpaired) electrons. The molecule has 0 bridgehead atoms. The molecule has 0 spiro atoms. The van der Waals surface area contributed by atoms with Crippen LogP contribution in [0, 0.1) is 6.92 Å². The predicted octanol–water partition coefficient (Wildman–Crippen LogP) is 3.12. The van der Waals surface area contributed by atoms with Crippen LogP contribution in [0.3, 0.4) is 0 Å². The van der Waals surface area contributed by atoms with E-state index in [-0.39, 0.29) is 6.10 Å². The first-order valence-electron chi connectivity index (χ1n) is 6.00. The molecule has 17 heavy (non-hydrogen) atoms. The summed E-state index contributed by atoms with van der Waals surface area (Å²) in [6.45, 7) is 2.07. The summed E-state index contributed by atoms with van der Waals surface area (Å²) in [4.78, 5) is 0. The number of aliphatic hydroxyl groups is 1. The highest BCUT2D eigenvalue weighted by Crippen LogP contribution is 2.11. The smallest absolute Gasteiger partial charge is 0.103 e. The number of hydrogen-bond acceptors (Lipinski definition) is 2. The third-order valence-corrected chi connectivity index (χ3v) is 2.86. The van der Waals surface area contributed by atoms with Gasteiger partial charge in [0.1, 0.15) is 5.76 Å². The molecule has 1 aromatic heterocycles. The predicted molar refractivity (Wildman–Crippen MR) is 67.9 cm³/mol. The molecular weight excluding hydrogens is 212 g/mol. The van der Waals surface area contributed by atoms with Gasteiger partial charge in [-0.15, -0.1) is 0 Å². The van der Waals surface area contributed by atoms with Gasteiger partial charge in [-0.1, -0.05) is 29.8 Å². The van der Waals surface area contributed by atoms with Crippen LogP contribution in [-0.4, -0.2) is 11.2 Å². The molecule has 1 aromatic carbocycles. The van der Waals surface area contributed by atoms with E-state index in [9.17, 15) is 5.11 Å². The van der Waals surface area contributed by atoms with Crippen molar-refractivity contribution in [2.24, 2.45) is 0 Å². The summed E-state index contributed by atoms with van der Waals surface area (Å²) in [5.41, 5.74) is 2.43. The van der Waals surface area contributed by atoms with Crippen LogP contribution in [0.5, 0.6) is 0 Å². The molecule has 0 amide bonds. The van der Waals surface area contributed by atoms with Crippen molar-refractivity contribution in [2.75, 3.05) is 0 Å². The lowest BCUT2D eigenvalue weighted by atomic mass is 10.0. The molecular formula is C15H18O2. The van der Waals surface area contributed by atoms with Crippen LogP contribution in [0.1, 0.15) is 23.3 Å². The van der Waals surface area contributed by atoms with Crippen LogP contribution in [-0.2, 0) is 12.8 Å². The van der Waals surface area contributed by atoms with E-state index in [2.05, 4.69) is 25.1 Å². The van der Waals surface area contributed by atoms with Crippen LogP contribution < -0.4 is 0 Å². The van der Waals surface area contributed by atoms with Gasteiger partial charge >= 0.3 is 0 Å². The van der Waals surface area contributed by atoms with E-state index in [4.69, 9.17) is 4.42 Å². The van der Waals surface area contributed by atoms with Crippen LogP contribution in [0.15, 0.2) is 47.1 Å². The van der Waals surface area contributed by atoms with Crippen molar-refractivity contribution in [1.82, 2.24) is 0 Å². The number of benzene rings is 1. The van der Waals surface area contributed by atoms with Gasteiger partial charge in [0.25, 0.3) is 0 Å². The first-order chi connectivity index (χ1) is 8.24. The van der Waals surface area contributed by atoms with Crippen LogP contribution in [0.25, 0.3) is 0 Å². The Bertz CT molecular complexity index is 446. The lowest BCUT2D eigenvalue weighted by Gasteiger charge is -2.10. The molecule has 1 atom stereocenters. The summed E-state index contributed by atoms with van der Waals surface area (Å²) in [5, 5.41) is 9.95. The SMILES string of the molecule is Cc1cccc(CC(O)CCc2ccco2)c1. The second kappa shape index (κ2) is 5.69. The third-order valence-electron chi connectivity index (χ3n) is 2.86. The van der Waals surface area contributed by atoms with Crippen molar-refractivity contribution in [3.8, 4) is 0 Å². The van der Waals surface area contributed by atoms with Gasteiger partial charge in [0.2, 0.25) is 0 Å². The van der Waals surface area contributed by atoms with E-state index < -0.39 is 0 Å². The van der Waals surface area contributed by atoms with Crippen LogP contribution in [0.4, 0.5) is 0 Å². The fourth-order valence-electron chi connectivity index (χ4n) is 1.98. The Hall–Kier alpha value is -1.54. The summed E-state index contributed by atoms with van der Waals surface area (Å²) in [5.74, 6) is 0.938. The number of furan rings is 1. The summed E-state index contributed by atoms with van der Waals surface area (Å²) >= 11 is 0. The molecule has 0 aliphatic heterocycles. The molecule has 2 aromatic rings. The second-order valence-electron chi connectivity index (χ2n) is 4.47. The molecule has 0 aliphatic carbocycles. The minimum atomic E-state index is -0.304. The lowest BCUT2D eigenvalue weighted by molar-refractivity contribution is 0.163. The average molecular weight is 230 g/mol. The fourth-order valence-corrected chi connectivity index (χ4v) is 1.98. The molecule has 0 saturated heterocycles. The molecule has 2 heteroatoms.